The number of nitrogens with two attached hydrogens (primary N) is 2. The Morgan fingerprint density at radius 1 is 1.00 bits per heavy atom. The van der Waals surface area contributed by atoms with E-state index in [0.717, 1.165) is 11.1 Å². The van der Waals surface area contributed by atoms with Gasteiger partial charge in [-0.05, 0) is 25.1 Å². The highest BCUT2D eigenvalue weighted by atomic mass is 16.1. The van der Waals surface area contributed by atoms with Crippen molar-refractivity contribution in [3.05, 3.63) is 71.4 Å². The Kier molecular flexibility index (Phi) is 3.76. The molecule has 0 saturated heterocycles. The van der Waals surface area contributed by atoms with Gasteiger partial charge in [-0.3, -0.25) is 4.79 Å². The fourth-order valence-electron chi connectivity index (χ4n) is 2.31. The van der Waals surface area contributed by atoms with Crippen molar-refractivity contribution in [2.45, 2.75) is 6.92 Å². The summed E-state index contributed by atoms with van der Waals surface area (Å²) in [5.41, 5.74) is 15.6. The largest absolute Gasteiger partial charge is 0.398 e. The van der Waals surface area contributed by atoms with Crippen molar-refractivity contribution < 1.29 is 4.79 Å². The van der Waals surface area contributed by atoms with Crippen LogP contribution in [0.3, 0.4) is 0 Å². The van der Waals surface area contributed by atoms with Crippen LogP contribution in [-0.4, -0.2) is 15.8 Å². The summed E-state index contributed by atoms with van der Waals surface area (Å²) < 4.78 is 0. The molecule has 0 aliphatic carbocycles. The molecule has 23 heavy (non-hydrogen) atoms. The number of rotatable bonds is 3. The number of anilines is 2. The van der Waals surface area contributed by atoms with Gasteiger partial charge in [0.25, 0.3) is 0 Å². The van der Waals surface area contributed by atoms with Gasteiger partial charge in [-0.15, -0.1) is 0 Å². The van der Waals surface area contributed by atoms with Crippen molar-refractivity contribution in [2.75, 3.05) is 11.5 Å². The summed E-state index contributed by atoms with van der Waals surface area (Å²) in [7, 11) is 0. The molecule has 5 nitrogen and oxygen atoms in total. The molecule has 4 N–H and O–H groups in total. The third-order valence-corrected chi connectivity index (χ3v) is 3.58. The minimum absolute atomic E-state index is 0.119. The van der Waals surface area contributed by atoms with Crippen molar-refractivity contribution in [2.24, 2.45) is 0 Å². The second-order valence-electron chi connectivity index (χ2n) is 5.30. The molecule has 1 aromatic heterocycles. The maximum absolute atomic E-state index is 12.7. The molecule has 3 aromatic rings. The molecule has 0 atom stereocenters. The lowest BCUT2D eigenvalue weighted by Gasteiger charge is -2.08. The maximum Gasteiger partial charge on any atom is 0.220 e. The van der Waals surface area contributed by atoms with Crippen LogP contribution >= 0.6 is 0 Å². The monoisotopic (exact) mass is 304 g/mol. The van der Waals surface area contributed by atoms with Gasteiger partial charge >= 0.3 is 0 Å². The van der Waals surface area contributed by atoms with E-state index in [4.69, 9.17) is 11.5 Å². The Bertz CT molecular complexity index is 872. The van der Waals surface area contributed by atoms with Crippen LogP contribution in [0.5, 0.6) is 0 Å². The molecule has 2 aromatic carbocycles. The molecular formula is C18H16N4O. The normalized spacial score (nSPS) is 10.5. The second-order valence-corrected chi connectivity index (χ2v) is 5.30. The van der Waals surface area contributed by atoms with Crippen LogP contribution in [0.1, 0.15) is 21.5 Å². The van der Waals surface area contributed by atoms with Gasteiger partial charge in [0.15, 0.2) is 5.78 Å². The SMILES string of the molecule is Cc1ccc(C(=O)c2cc(-c3ccnc(N)n3)ccc2N)cc1. The molecule has 5 heteroatoms. The third kappa shape index (κ3) is 3.03. The van der Waals surface area contributed by atoms with Crippen molar-refractivity contribution in [1.82, 2.24) is 9.97 Å². The highest BCUT2D eigenvalue weighted by Crippen LogP contribution is 2.24. The van der Waals surface area contributed by atoms with Crippen LogP contribution in [-0.2, 0) is 0 Å². The average molecular weight is 304 g/mol. The second kappa shape index (κ2) is 5.88. The lowest BCUT2D eigenvalue weighted by molar-refractivity contribution is 0.103. The van der Waals surface area contributed by atoms with E-state index in [9.17, 15) is 4.79 Å². The van der Waals surface area contributed by atoms with Crippen LogP contribution < -0.4 is 11.5 Å². The molecule has 0 aliphatic rings. The number of hydrogen-bond donors (Lipinski definition) is 2. The first-order valence-corrected chi connectivity index (χ1v) is 7.14. The first-order valence-electron chi connectivity index (χ1n) is 7.14. The van der Waals surface area contributed by atoms with Crippen LogP contribution in [0, 0.1) is 6.92 Å². The zero-order chi connectivity index (χ0) is 16.4. The number of benzene rings is 2. The van der Waals surface area contributed by atoms with Gasteiger partial charge in [0, 0.05) is 28.6 Å². The molecule has 0 bridgehead atoms. The predicted molar refractivity (Wildman–Crippen MR) is 90.9 cm³/mol. The average Bonchev–Trinajstić information content (AvgIpc) is 2.55. The highest BCUT2D eigenvalue weighted by Gasteiger charge is 2.14. The van der Waals surface area contributed by atoms with Gasteiger partial charge in [-0.25, -0.2) is 9.97 Å². The lowest BCUT2D eigenvalue weighted by atomic mass is 9.98. The first-order chi connectivity index (χ1) is 11.0. The zero-order valence-electron chi connectivity index (χ0n) is 12.7. The Labute approximate surface area is 134 Å². The molecule has 0 fully saturated rings. The molecule has 0 aliphatic heterocycles. The molecule has 1 heterocycles. The van der Waals surface area contributed by atoms with Gasteiger partial charge in [-0.2, -0.15) is 0 Å². The topological polar surface area (TPSA) is 94.9 Å². The van der Waals surface area contributed by atoms with Gasteiger partial charge in [0.05, 0.1) is 5.69 Å². The Balaban J connectivity index is 2.04. The van der Waals surface area contributed by atoms with E-state index in [1.165, 1.54) is 0 Å². The minimum atomic E-state index is -0.119. The molecule has 3 rings (SSSR count). The molecule has 0 spiro atoms. The van der Waals surface area contributed by atoms with E-state index in [2.05, 4.69) is 9.97 Å². The van der Waals surface area contributed by atoms with Crippen molar-refractivity contribution >= 4 is 17.4 Å². The molecule has 0 unspecified atom stereocenters. The summed E-state index contributed by atoms with van der Waals surface area (Å²) in [5.74, 6) is 0.0668. The van der Waals surface area contributed by atoms with Gasteiger partial charge in [0.2, 0.25) is 5.95 Å². The van der Waals surface area contributed by atoms with Crippen molar-refractivity contribution in [1.29, 1.82) is 0 Å². The quantitative estimate of drug-likeness (QED) is 0.573. The standard InChI is InChI=1S/C18H16N4O/c1-11-2-4-12(5-3-11)17(23)14-10-13(6-7-15(14)19)16-8-9-21-18(20)22-16/h2-10H,19H2,1H3,(H2,20,21,22). The Morgan fingerprint density at radius 3 is 2.43 bits per heavy atom. The van der Waals surface area contributed by atoms with Crippen molar-refractivity contribution in [3.63, 3.8) is 0 Å². The van der Waals surface area contributed by atoms with Gasteiger partial charge in [-0.1, -0.05) is 35.9 Å². The first kappa shape index (κ1) is 14.7. The van der Waals surface area contributed by atoms with Crippen LogP contribution in [0.15, 0.2) is 54.7 Å². The number of aromatic nitrogens is 2. The van der Waals surface area contributed by atoms with E-state index in [-0.39, 0.29) is 11.7 Å². The summed E-state index contributed by atoms with van der Waals surface area (Å²) >= 11 is 0. The molecular weight excluding hydrogens is 288 g/mol. The molecule has 0 amide bonds. The van der Waals surface area contributed by atoms with E-state index < -0.39 is 0 Å². The van der Waals surface area contributed by atoms with Gasteiger partial charge in [0.1, 0.15) is 0 Å². The predicted octanol–water partition coefficient (Wildman–Crippen LogP) is 2.85. The number of ketones is 1. The van der Waals surface area contributed by atoms with E-state index in [1.807, 2.05) is 25.1 Å². The van der Waals surface area contributed by atoms with Crippen molar-refractivity contribution in [3.8, 4) is 11.3 Å². The van der Waals surface area contributed by atoms with Crippen LogP contribution in [0.2, 0.25) is 0 Å². The molecule has 0 radical (unpaired) electrons. The molecule has 0 saturated carbocycles. The smallest absolute Gasteiger partial charge is 0.220 e. The Hall–Kier alpha value is -3.21. The fraction of sp³-hybridized carbons (Fsp3) is 0.0556. The molecule has 114 valence electrons. The summed E-state index contributed by atoms with van der Waals surface area (Å²) in [6.07, 6.45) is 1.58. The third-order valence-electron chi connectivity index (χ3n) is 3.58. The summed E-state index contributed by atoms with van der Waals surface area (Å²) in [5, 5.41) is 0. The highest BCUT2D eigenvalue weighted by molar-refractivity contribution is 6.12. The number of carbonyl (C=O) groups excluding carboxylic acids is 1. The zero-order valence-corrected chi connectivity index (χ0v) is 12.7. The van der Waals surface area contributed by atoms with E-state index in [1.54, 1.807) is 36.5 Å². The van der Waals surface area contributed by atoms with E-state index in [0.29, 0.717) is 22.5 Å². The number of aryl methyl sites for hydroxylation is 1. The summed E-state index contributed by atoms with van der Waals surface area (Å²) in [4.78, 5) is 20.7. The van der Waals surface area contributed by atoms with Gasteiger partial charge < -0.3 is 11.5 Å². The Morgan fingerprint density at radius 2 is 1.74 bits per heavy atom. The summed E-state index contributed by atoms with van der Waals surface area (Å²) in [6, 6.07) is 14.4. The van der Waals surface area contributed by atoms with Crippen LogP contribution in [0.4, 0.5) is 11.6 Å². The number of nitrogens with zero attached hydrogens (tertiary/aromatic N) is 2. The number of carbonyl (C=O) groups is 1. The summed E-state index contributed by atoms with van der Waals surface area (Å²) in [6.45, 7) is 1.97. The lowest BCUT2D eigenvalue weighted by Crippen LogP contribution is -2.06. The minimum Gasteiger partial charge on any atom is -0.398 e. The maximum atomic E-state index is 12.7. The van der Waals surface area contributed by atoms with Crippen LogP contribution in [0.25, 0.3) is 11.3 Å². The fourth-order valence-corrected chi connectivity index (χ4v) is 2.31. The number of hydrogen-bond acceptors (Lipinski definition) is 5. The van der Waals surface area contributed by atoms with E-state index >= 15 is 0 Å². The number of nitrogen functional groups attached to an aromatic ring is 2.